The molecule has 6 nitrogen and oxygen atoms in total. The zero-order chi connectivity index (χ0) is 15.7. The molecule has 3 rings (SSSR count). The van der Waals surface area contributed by atoms with Gasteiger partial charge in [-0.1, -0.05) is 47.6 Å². The summed E-state index contributed by atoms with van der Waals surface area (Å²) in [6, 6.07) is 15.2. The molecule has 0 radical (unpaired) electrons. The van der Waals surface area contributed by atoms with Crippen LogP contribution in [0.1, 0.15) is 15.9 Å². The number of benzene rings is 2. The molecule has 0 N–H and O–H groups in total. The van der Waals surface area contributed by atoms with Crippen molar-refractivity contribution in [1.29, 1.82) is 0 Å². The van der Waals surface area contributed by atoms with E-state index in [0.717, 1.165) is 0 Å². The first-order valence-corrected chi connectivity index (χ1v) is 6.66. The number of ketones is 1. The van der Waals surface area contributed by atoms with Crippen molar-refractivity contribution in [2.75, 3.05) is 11.9 Å². The van der Waals surface area contributed by atoms with Gasteiger partial charge in [-0.15, -0.1) is 0 Å². The summed E-state index contributed by atoms with van der Waals surface area (Å²) in [5.74, 6) is -1.06. The molecule has 0 fully saturated rings. The Balaban J connectivity index is 2.35. The lowest BCUT2D eigenvalue weighted by atomic mass is 9.78. The highest BCUT2D eigenvalue weighted by atomic mass is 16.2. The summed E-state index contributed by atoms with van der Waals surface area (Å²) in [6.45, 7) is 0. The average molecular weight is 292 g/mol. The number of nitrogens with zero attached hydrogens (tertiary/aromatic N) is 4. The van der Waals surface area contributed by atoms with E-state index in [2.05, 4.69) is 10.0 Å². The van der Waals surface area contributed by atoms with E-state index < -0.39 is 17.2 Å². The van der Waals surface area contributed by atoms with Crippen molar-refractivity contribution < 1.29 is 9.59 Å². The summed E-state index contributed by atoms with van der Waals surface area (Å²) in [5.41, 5.74) is 8.30. The third kappa shape index (κ3) is 1.71. The molecular weight excluding hydrogens is 280 g/mol. The number of likely N-dealkylation sites (N-methyl/N-ethyl adjacent to an activating group) is 1. The van der Waals surface area contributed by atoms with E-state index in [1.165, 1.54) is 4.90 Å². The van der Waals surface area contributed by atoms with Crippen LogP contribution in [0.3, 0.4) is 0 Å². The second-order valence-electron chi connectivity index (χ2n) is 4.98. The molecule has 0 spiro atoms. The zero-order valence-electron chi connectivity index (χ0n) is 11.8. The van der Waals surface area contributed by atoms with Crippen LogP contribution in [0.5, 0.6) is 0 Å². The maximum absolute atomic E-state index is 13.0. The van der Waals surface area contributed by atoms with E-state index in [0.29, 0.717) is 16.8 Å². The first kappa shape index (κ1) is 13.9. The summed E-state index contributed by atoms with van der Waals surface area (Å²) in [4.78, 5) is 30.0. The molecule has 1 atom stereocenters. The van der Waals surface area contributed by atoms with E-state index in [4.69, 9.17) is 5.53 Å². The Morgan fingerprint density at radius 1 is 1.05 bits per heavy atom. The molecular formula is C16H12N4O2. The molecule has 22 heavy (non-hydrogen) atoms. The first-order valence-electron chi connectivity index (χ1n) is 6.66. The fraction of sp³-hybridized carbons (Fsp3) is 0.125. The third-order valence-electron chi connectivity index (χ3n) is 3.84. The van der Waals surface area contributed by atoms with Crippen LogP contribution in [0.15, 0.2) is 59.7 Å². The van der Waals surface area contributed by atoms with Gasteiger partial charge in [0.05, 0.1) is 5.69 Å². The van der Waals surface area contributed by atoms with Gasteiger partial charge in [-0.25, -0.2) is 0 Å². The molecule has 1 heterocycles. The molecule has 6 heteroatoms. The van der Waals surface area contributed by atoms with Crippen LogP contribution in [0.4, 0.5) is 5.69 Å². The van der Waals surface area contributed by atoms with Crippen molar-refractivity contribution in [3.05, 3.63) is 76.2 Å². The minimum Gasteiger partial charge on any atom is -0.313 e. The Bertz CT molecular complexity index is 812. The molecule has 0 bridgehead atoms. The topological polar surface area (TPSA) is 86.1 Å². The average Bonchev–Trinajstić information content (AvgIpc) is 2.57. The molecule has 0 saturated heterocycles. The Morgan fingerprint density at radius 2 is 1.68 bits per heavy atom. The molecule has 1 amide bonds. The number of rotatable bonds is 2. The number of fused-ring (bicyclic) bond motifs is 1. The Morgan fingerprint density at radius 3 is 2.36 bits per heavy atom. The molecule has 0 aliphatic carbocycles. The monoisotopic (exact) mass is 292 g/mol. The van der Waals surface area contributed by atoms with Crippen molar-refractivity contribution in [2.45, 2.75) is 5.54 Å². The molecule has 108 valence electrons. The van der Waals surface area contributed by atoms with Crippen LogP contribution in [0.25, 0.3) is 10.4 Å². The highest BCUT2D eigenvalue weighted by Gasteiger charge is 2.53. The molecule has 0 saturated carbocycles. The number of amides is 1. The number of carbonyl (C=O) groups is 2. The van der Waals surface area contributed by atoms with Crippen molar-refractivity contribution in [3.8, 4) is 0 Å². The van der Waals surface area contributed by atoms with Crippen molar-refractivity contribution >= 4 is 17.4 Å². The van der Waals surface area contributed by atoms with Crippen LogP contribution in [-0.2, 0) is 10.3 Å². The van der Waals surface area contributed by atoms with Gasteiger partial charge in [0.1, 0.15) is 0 Å². The van der Waals surface area contributed by atoms with Gasteiger partial charge in [-0.05, 0) is 23.2 Å². The van der Waals surface area contributed by atoms with Crippen LogP contribution in [0, 0.1) is 0 Å². The fourth-order valence-corrected chi connectivity index (χ4v) is 2.75. The predicted octanol–water partition coefficient (Wildman–Crippen LogP) is 3.05. The zero-order valence-corrected chi connectivity index (χ0v) is 11.8. The molecule has 1 aliphatic rings. The van der Waals surface area contributed by atoms with Crippen molar-refractivity contribution in [2.24, 2.45) is 5.11 Å². The Hall–Kier alpha value is -3.11. The van der Waals surface area contributed by atoms with Crippen LogP contribution < -0.4 is 4.90 Å². The summed E-state index contributed by atoms with van der Waals surface area (Å²) >= 11 is 0. The number of Topliss-reactive ketones (excluding diaryl/α,β-unsaturated/α-hetero) is 1. The van der Waals surface area contributed by atoms with E-state index >= 15 is 0 Å². The van der Waals surface area contributed by atoms with Crippen LogP contribution in [-0.4, -0.2) is 18.7 Å². The SMILES string of the molecule is CN1C(=O)[C@](N=[N+]=[N-])(c2ccccc2)C(=O)c2ccccc21. The first-order chi connectivity index (χ1) is 10.6. The van der Waals surface area contributed by atoms with Gasteiger partial charge in [-0.3, -0.25) is 9.59 Å². The normalized spacial score (nSPS) is 20.3. The van der Waals surface area contributed by atoms with Crippen LogP contribution >= 0.6 is 0 Å². The highest BCUT2D eigenvalue weighted by molar-refractivity contribution is 6.28. The maximum atomic E-state index is 13.0. The summed E-state index contributed by atoms with van der Waals surface area (Å²) in [6.07, 6.45) is 0. The van der Waals surface area contributed by atoms with Crippen molar-refractivity contribution in [1.82, 2.24) is 0 Å². The molecule has 0 unspecified atom stereocenters. The van der Waals surface area contributed by atoms with Gasteiger partial charge in [-0.2, -0.15) is 0 Å². The quantitative estimate of drug-likeness (QED) is 0.368. The summed E-state index contributed by atoms with van der Waals surface area (Å²) < 4.78 is 0. The Kier molecular flexibility index (Phi) is 3.16. The van der Waals surface area contributed by atoms with Gasteiger partial charge in [0.15, 0.2) is 5.78 Å². The summed E-state index contributed by atoms with van der Waals surface area (Å²) in [5, 5.41) is 3.64. The lowest BCUT2D eigenvalue weighted by Gasteiger charge is -2.37. The predicted molar refractivity (Wildman–Crippen MR) is 81.4 cm³/mol. The minimum atomic E-state index is -1.89. The number of para-hydroxylation sites is 1. The summed E-state index contributed by atoms with van der Waals surface area (Å²) in [7, 11) is 1.57. The number of hydrogen-bond donors (Lipinski definition) is 0. The molecule has 2 aromatic carbocycles. The van der Waals surface area contributed by atoms with Gasteiger partial charge < -0.3 is 4.90 Å². The second kappa shape index (κ2) is 5.02. The van der Waals surface area contributed by atoms with E-state index in [-0.39, 0.29) is 0 Å². The largest absolute Gasteiger partial charge is 0.313 e. The van der Waals surface area contributed by atoms with E-state index in [1.807, 2.05) is 0 Å². The Labute approximate surface area is 126 Å². The van der Waals surface area contributed by atoms with Gasteiger partial charge >= 0.3 is 0 Å². The minimum absolute atomic E-state index is 0.362. The second-order valence-corrected chi connectivity index (χ2v) is 4.98. The number of hydrogen-bond acceptors (Lipinski definition) is 3. The van der Waals surface area contributed by atoms with Gasteiger partial charge in [0.25, 0.3) is 5.91 Å². The lowest BCUT2D eigenvalue weighted by molar-refractivity contribution is -0.122. The lowest BCUT2D eigenvalue weighted by Crippen LogP contribution is -2.53. The van der Waals surface area contributed by atoms with Crippen molar-refractivity contribution in [3.63, 3.8) is 0 Å². The molecule has 0 aromatic heterocycles. The number of anilines is 1. The maximum Gasteiger partial charge on any atom is 0.251 e. The molecule has 1 aliphatic heterocycles. The third-order valence-corrected chi connectivity index (χ3v) is 3.84. The van der Waals surface area contributed by atoms with E-state index in [1.54, 1.807) is 61.6 Å². The molecule has 2 aromatic rings. The number of azide groups is 1. The highest BCUT2D eigenvalue weighted by Crippen LogP contribution is 2.40. The van der Waals surface area contributed by atoms with Gasteiger partial charge in [0.2, 0.25) is 5.54 Å². The standard InChI is InChI=1S/C16H12N4O2/c1-20-13-10-6-5-9-12(13)14(21)16(15(20)22,18-19-17)11-7-3-2-4-8-11/h2-10H,1H3/t16-/m0/s1. The smallest absolute Gasteiger partial charge is 0.251 e. The van der Waals surface area contributed by atoms with Crippen LogP contribution in [0.2, 0.25) is 0 Å². The van der Waals surface area contributed by atoms with E-state index in [9.17, 15) is 9.59 Å². The fourth-order valence-electron chi connectivity index (χ4n) is 2.75. The number of carbonyl (C=O) groups excluding carboxylic acids is 2. The van der Waals surface area contributed by atoms with Gasteiger partial charge in [0, 0.05) is 17.5 Å².